The van der Waals surface area contributed by atoms with E-state index in [-0.39, 0.29) is 82.3 Å². The number of rotatable bonds is 35. The maximum absolute atomic E-state index is 13.6. The molecule has 4 rings (SSSR count). The highest BCUT2D eigenvalue weighted by atomic mass is 16.7. The number of ketones is 1. The molecule has 444 valence electrons. The quantitative estimate of drug-likeness (QED) is 0.00901. The first-order valence-corrected chi connectivity index (χ1v) is 28.7. The molecule has 0 spiro atoms. The number of nitrogens with zero attached hydrogens (tertiary/aromatic N) is 3. The maximum atomic E-state index is 13.6. The van der Waals surface area contributed by atoms with Crippen molar-refractivity contribution < 1.29 is 57.1 Å². The normalized spacial score (nSPS) is 24.6. The van der Waals surface area contributed by atoms with Crippen LogP contribution in [-0.2, 0) is 42.7 Å². The van der Waals surface area contributed by atoms with Gasteiger partial charge in [-0.2, -0.15) is 0 Å². The molecule has 22 nitrogen and oxygen atoms in total. The molecule has 9 unspecified atom stereocenters. The standard InChI is InChI=1S/C56H98N10O12/c1-38(2)12-9-13-39(3)45-17-18-46-44-16-15-41-32-43(19-21-54(41,5)47(44)20-22-55(45,46)6)78-53(71)74-31-30-72-28-29-73-34-42(67)33-56(35-75-48(68)14-7-8-23-63-49(58)59,36-76-51(69)65-26-10-24-62-40(4)57)37-77-52(70)66-27-11-25-64-50(60)61/h15,38-39,43-47H,7-14,16-37H2,1-6H3,(H2,57,62)(H,65,69)(H,66,70)(H4,58,59,63)(H4,60,61,64). The molecule has 3 fully saturated rings. The first kappa shape index (κ1) is 65.1. The van der Waals surface area contributed by atoms with Gasteiger partial charge < -0.3 is 72.5 Å². The molecule has 0 heterocycles. The zero-order chi connectivity index (χ0) is 57.1. The van der Waals surface area contributed by atoms with Crippen molar-refractivity contribution in [2.75, 3.05) is 85.6 Å². The van der Waals surface area contributed by atoms with Gasteiger partial charge in [0.2, 0.25) is 0 Å². The second kappa shape index (κ2) is 33.3. The second-order valence-electron chi connectivity index (χ2n) is 23.2. The van der Waals surface area contributed by atoms with Crippen molar-refractivity contribution in [3.63, 3.8) is 0 Å². The van der Waals surface area contributed by atoms with Gasteiger partial charge in [0.15, 0.2) is 17.7 Å². The number of amidine groups is 1. The molecule has 4 aliphatic carbocycles. The van der Waals surface area contributed by atoms with Gasteiger partial charge in [0.05, 0.1) is 31.1 Å². The first-order chi connectivity index (χ1) is 37.2. The van der Waals surface area contributed by atoms with Crippen LogP contribution < -0.4 is 39.3 Å². The van der Waals surface area contributed by atoms with Gasteiger partial charge in [-0.05, 0) is 124 Å². The number of hydrogen-bond donors (Lipinski definition) is 7. The van der Waals surface area contributed by atoms with E-state index in [0.717, 1.165) is 55.3 Å². The Bertz CT molecular complexity index is 1920. The average molecular weight is 1100 g/mol. The van der Waals surface area contributed by atoms with Crippen molar-refractivity contribution in [2.45, 2.75) is 157 Å². The lowest BCUT2D eigenvalue weighted by Crippen LogP contribution is -2.51. The Morgan fingerprint density at radius 2 is 1.33 bits per heavy atom. The van der Waals surface area contributed by atoms with Crippen LogP contribution in [0.1, 0.15) is 151 Å². The molecular formula is C56H98N10O12. The lowest BCUT2D eigenvalue weighted by atomic mass is 9.47. The van der Waals surface area contributed by atoms with Crippen molar-refractivity contribution in [1.29, 1.82) is 0 Å². The van der Waals surface area contributed by atoms with Crippen molar-refractivity contribution in [3.05, 3.63) is 11.6 Å². The Kier molecular flexibility index (Phi) is 27.8. The van der Waals surface area contributed by atoms with Gasteiger partial charge in [-0.15, -0.1) is 0 Å². The number of carbonyl (C=O) groups excluding carboxylic acids is 5. The van der Waals surface area contributed by atoms with Gasteiger partial charge in [0.25, 0.3) is 0 Å². The molecule has 22 heteroatoms. The monoisotopic (exact) mass is 1100 g/mol. The van der Waals surface area contributed by atoms with Gasteiger partial charge in [0.1, 0.15) is 39.1 Å². The van der Waals surface area contributed by atoms with Crippen molar-refractivity contribution in [3.8, 4) is 0 Å². The summed E-state index contributed by atoms with van der Waals surface area (Å²) in [6.07, 6.45) is 14.3. The summed E-state index contributed by atoms with van der Waals surface area (Å²) in [5, 5.41) is 5.19. The number of nitrogens with one attached hydrogen (secondary N) is 2. The molecule has 3 saturated carbocycles. The van der Waals surface area contributed by atoms with Crippen LogP contribution in [0.3, 0.4) is 0 Å². The third-order valence-electron chi connectivity index (χ3n) is 16.7. The Morgan fingerprint density at radius 1 is 0.705 bits per heavy atom. The molecular weight excluding hydrogens is 1000 g/mol. The van der Waals surface area contributed by atoms with E-state index in [2.05, 4.69) is 66.3 Å². The fourth-order valence-electron chi connectivity index (χ4n) is 12.7. The minimum Gasteiger partial charge on any atom is -0.465 e. The molecule has 0 bridgehead atoms. The number of carbonyl (C=O) groups is 5. The van der Waals surface area contributed by atoms with E-state index in [1.807, 2.05) is 0 Å². The molecule has 0 aliphatic heterocycles. The average Bonchev–Trinajstić information content (AvgIpc) is 3.92. The number of esters is 1. The summed E-state index contributed by atoms with van der Waals surface area (Å²) < 4.78 is 39.2. The van der Waals surface area contributed by atoms with Gasteiger partial charge in [-0.1, -0.05) is 65.5 Å². The summed E-state index contributed by atoms with van der Waals surface area (Å²) in [5.74, 6) is 3.75. The van der Waals surface area contributed by atoms with E-state index in [1.54, 1.807) is 6.92 Å². The van der Waals surface area contributed by atoms with E-state index in [4.69, 9.17) is 61.8 Å². The molecule has 12 N–H and O–H groups in total. The fourth-order valence-corrected chi connectivity index (χ4v) is 12.7. The molecule has 78 heavy (non-hydrogen) atoms. The molecule has 0 radical (unpaired) electrons. The largest absolute Gasteiger partial charge is 0.508 e. The molecule has 9 atom stereocenters. The maximum Gasteiger partial charge on any atom is 0.508 e. The van der Waals surface area contributed by atoms with Gasteiger partial charge in [-0.3, -0.25) is 24.6 Å². The van der Waals surface area contributed by atoms with E-state index in [1.165, 1.54) is 50.5 Å². The Hall–Kier alpha value is -5.38. The Labute approximate surface area is 463 Å². The molecule has 0 aromatic rings. The fraction of sp³-hybridized carbons (Fsp3) is 0.821. The predicted octanol–water partition coefficient (Wildman–Crippen LogP) is 6.40. The van der Waals surface area contributed by atoms with Crippen molar-refractivity contribution in [1.82, 2.24) is 10.6 Å². The van der Waals surface area contributed by atoms with Crippen LogP contribution in [-0.4, -0.2) is 140 Å². The highest BCUT2D eigenvalue weighted by Crippen LogP contribution is 2.67. The summed E-state index contributed by atoms with van der Waals surface area (Å²) in [7, 11) is 0. The number of amides is 2. The minimum absolute atomic E-state index is 0.000718. The first-order valence-electron chi connectivity index (χ1n) is 28.7. The summed E-state index contributed by atoms with van der Waals surface area (Å²) >= 11 is 0. The zero-order valence-corrected chi connectivity index (χ0v) is 48.0. The lowest BCUT2D eigenvalue weighted by molar-refractivity contribution is -0.152. The lowest BCUT2D eigenvalue weighted by Gasteiger charge is -2.58. The number of allylic oxidation sites excluding steroid dienone is 1. The van der Waals surface area contributed by atoms with E-state index < -0.39 is 61.9 Å². The summed E-state index contributed by atoms with van der Waals surface area (Å²) in [4.78, 5) is 76.9. The van der Waals surface area contributed by atoms with Crippen LogP contribution in [0.5, 0.6) is 0 Å². The van der Waals surface area contributed by atoms with Gasteiger partial charge in [0, 0.05) is 52.0 Å². The zero-order valence-electron chi connectivity index (χ0n) is 48.0. The molecule has 4 aliphatic rings. The Balaban J connectivity index is 1.23. The van der Waals surface area contributed by atoms with Crippen molar-refractivity contribution >= 4 is 47.8 Å². The number of Topliss-reactive ketones (excluding diaryl/α,β-unsaturated/α-hetero) is 1. The third kappa shape index (κ3) is 22.0. The second-order valence-corrected chi connectivity index (χ2v) is 23.2. The minimum atomic E-state index is -1.53. The number of fused-ring (bicyclic) bond motifs is 5. The smallest absolute Gasteiger partial charge is 0.465 e. The molecule has 0 aromatic carbocycles. The number of hydrogen-bond acceptors (Lipinski definition) is 15. The number of aliphatic imine (C=N–C) groups is 3. The summed E-state index contributed by atoms with van der Waals surface area (Å²) in [6.45, 7) is 13.6. The number of unbranched alkanes of at least 4 members (excludes halogenated alkanes) is 1. The van der Waals surface area contributed by atoms with Gasteiger partial charge in [-0.25, -0.2) is 14.4 Å². The SMILES string of the molecule is CC(N)=NCCCNC(=O)OCC(COC(=O)CCCCN=C(N)N)(COC(=O)NCCCN=C(N)N)CC(=O)COCCOCCOC(=O)OC1CCC2(C)C(=CCC3C2CCC2(C)C(C(C)CCCC(C)C)CCC32)C1. The number of ether oxygens (including phenoxy) is 7. The Morgan fingerprint density at radius 3 is 1.99 bits per heavy atom. The molecule has 0 saturated heterocycles. The highest BCUT2D eigenvalue weighted by molar-refractivity contribution is 5.81. The van der Waals surface area contributed by atoms with Crippen LogP contribution in [0, 0.1) is 51.8 Å². The number of guanidine groups is 2. The molecule has 0 aromatic heterocycles. The van der Waals surface area contributed by atoms with Crippen molar-refractivity contribution in [2.24, 2.45) is 95.4 Å². The van der Waals surface area contributed by atoms with Crippen LogP contribution in [0.4, 0.5) is 14.4 Å². The molecule has 2 amide bonds. The topological polar surface area (TPSA) is 341 Å². The number of nitrogens with two attached hydrogens (primary N) is 5. The number of alkyl carbamates (subject to hydrolysis) is 2. The van der Waals surface area contributed by atoms with Crippen LogP contribution in [0.15, 0.2) is 26.6 Å². The van der Waals surface area contributed by atoms with E-state index in [0.29, 0.717) is 55.9 Å². The van der Waals surface area contributed by atoms with Crippen LogP contribution in [0.2, 0.25) is 0 Å². The van der Waals surface area contributed by atoms with Gasteiger partial charge >= 0.3 is 24.3 Å². The highest BCUT2D eigenvalue weighted by Gasteiger charge is 2.59. The summed E-state index contributed by atoms with van der Waals surface area (Å²) in [6, 6.07) is 0. The summed E-state index contributed by atoms with van der Waals surface area (Å²) in [5.41, 5.74) is 27.6. The van der Waals surface area contributed by atoms with Crippen LogP contribution >= 0.6 is 0 Å². The van der Waals surface area contributed by atoms with E-state index >= 15 is 0 Å². The predicted molar refractivity (Wildman–Crippen MR) is 299 cm³/mol. The van der Waals surface area contributed by atoms with E-state index in [9.17, 15) is 24.0 Å². The van der Waals surface area contributed by atoms with Crippen LogP contribution in [0.25, 0.3) is 0 Å². The third-order valence-corrected chi connectivity index (χ3v) is 16.7.